The van der Waals surface area contributed by atoms with Crippen molar-refractivity contribution in [2.45, 2.75) is 89.9 Å². The molecule has 3 aromatic rings. The fraction of sp³-hybridized carbons (Fsp3) is 0.455. The molecule has 1 aliphatic carbocycles. The first-order chi connectivity index (χ1) is 17.1. The minimum atomic E-state index is -0.202. The summed E-state index contributed by atoms with van der Waals surface area (Å²) in [5.41, 5.74) is 5.10. The second-order valence-corrected chi connectivity index (χ2v) is 10.5. The van der Waals surface area contributed by atoms with Gasteiger partial charge in [-0.1, -0.05) is 94.0 Å². The van der Waals surface area contributed by atoms with E-state index in [2.05, 4.69) is 25.1 Å². The standard InChI is InChI=1S/C33H40F2/c1-2-3-4-5-6-7-25-10-16-28(17-11-25)30-20-23-32(33(35)24-30)29-18-12-26(13-19-29)8-9-27-14-21-31(34)22-15-27/h12-15,18-25,28H,2-11,16-17H2,1H3. The first-order valence-electron chi connectivity index (χ1n) is 13.8. The number of halogens is 2. The molecule has 0 nitrogen and oxygen atoms in total. The quantitative estimate of drug-likeness (QED) is 0.243. The van der Waals surface area contributed by atoms with E-state index in [1.165, 1.54) is 87.5 Å². The van der Waals surface area contributed by atoms with Crippen LogP contribution in [0.25, 0.3) is 11.1 Å². The molecule has 3 aromatic carbocycles. The van der Waals surface area contributed by atoms with Gasteiger partial charge in [0.1, 0.15) is 11.6 Å². The molecule has 0 unspecified atom stereocenters. The van der Waals surface area contributed by atoms with Crippen LogP contribution in [-0.2, 0) is 12.8 Å². The minimum absolute atomic E-state index is 0.111. The van der Waals surface area contributed by atoms with Gasteiger partial charge in [0.15, 0.2) is 0 Å². The molecule has 35 heavy (non-hydrogen) atoms. The number of hydrogen-bond donors (Lipinski definition) is 0. The highest BCUT2D eigenvalue weighted by Crippen LogP contribution is 2.39. The molecular formula is C33H40F2. The van der Waals surface area contributed by atoms with Crippen molar-refractivity contribution in [3.05, 3.63) is 95.1 Å². The molecule has 2 heteroatoms. The predicted octanol–water partition coefficient (Wildman–Crippen LogP) is 10.1. The topological polar surface area (TPSA) is 0 Å². The van der Waals surface area contributed by atoms with E-state index in [1.54, 1.807) is 6.07 Å². The van der Waals surface area contributed by atoms with Crippen molar-refractivity contribution in [1.82, 2.24) is 0 Å². The van der Waals surface area contributed by atoms with Gasteiger partial charge in [-0.2, -0.15) is 0 Å². The summed E-state index contributed by atoms with van der Waals surface area (Å²) in [6.45, 7) is 2.27. The average Bonchev–Trinajstić information content (AvgIpc) is 2.89. The summed E-state index contributed by atoms with van der Waals surface area (Å²) in [5.74, 6) is 1.06. The molecule has 0 N–H and O–H groups in total. The van der Waals surface area contributed by atoms with Crippen LogP contribution in [0.1, 0.15) is 93.7 Å². The van der Waals surface area contributed by atoms with Crippen molar-refractivity contribution in [1.29, 1.82) is 0 Å². The molecule has 0 bridgehead atoms. The number of aryl methyl sites for hydroxylation is 2. The zero-order chi connectivity index (χ0) is 24.5. The molecule has 186 valence electrons. The third kappa shape index (κ3) is 7.50. The molecule has 0 radical (unpaired) electrons. The highest BCUT2D eigenvalue weighted by Gasteiger charge is 2.23. The first kappa shape index (κ1) is 25.6. The molecule has 0 spiro atoms. The summed E-state index contributed by atoms with van der Waals surface area (Å²) in [7, 11) is 0. The van der Waals surface area contributed by atoms with Crippen LogP contribution >= 0.6 is 0 Å². The third-order valence-electron chi connectivity index (χ3n) is 7.91. The van der Waals surface area contributed by atoms with E-state index < -0.39 is 0 Å². The van der Waals surface area contributed by atoms with E-state index in [1.807, 2.05) is 30.3 Å². The molecule has 0 atom stereocenters. The van der Waals surface area contributed by atoms with Crippen LogP contribution < -0.4 is 0 Å². The van der Waals surface area contributed by atoms with Gasteiger partial charge in [-0.25, -0.2) is 8.78 Å². The predicted molar refractivity (Wildman–Crippen MR) is 144 cm³/mol. The Morgan fingerprint density at radius 3 is 1.94 bits per heavy atom. The van der Waals surface area contributed by atoms with Gasteiger partial charge in [-0.05, 0) is 90.8 Å². The maximum absolute atomic E-state index is 15.1. The van der Waals surface area contributed by atoms with E-state index >= 15 is 4.39 Å². The Morgan fingerprint density at radius 1 is 0.686 bits per heavy atom. The average molecular weight is 475 g/mol. The Kier molecular flexibility index (Phi) is 9.51. The van der Waals surface area contributed by atoms with Gasteiger partial charge in [-0.15, -0.1) is 0 Å². The monoisotopic (exact) mass is 474 g/mol. The van der Waals surface area contributed by atoms with Gasteiger partial charge in [0.05, 0.1) is 0 Å². The van der Waals surface area contributed by atoms with Crippen molar-refractivity contribution in [2.75, 3.05) is 0 Å². The van der Waals surface area contributed by atoms with Gasteiger partial charge >= 0.3 is 0 Å². The first-order valence-corrected chi connectivity index (χ1v) is 13.8. The van der Waals surface area contributed by atoms with E-state index in [0.717, 1.165) is 29.9 Å². The Labute approximate surface area is 210 Å². The zero-order valence-electron chi connectivity index (χ0n) is 21.2. The lowest BCUT2D eigenvalue weighted by Crippen LogP contribution is -2.13. The lowest BCUT2D eigenvalue weighted by Gasteiger charge is -2.29. The number of unbranched alkanes of at least 4 members (excludes halogenated alkanes) is 4. The summed E-state index contributed by atoms with van der Waals surface area (Å²) in [5, 5.41) is 0. The molecule has 0 heterocycles. The molecule has 1 fully saturated rings. The van der Waals surface area contributed by atoms with Crippen LogP contribution in [0.5, 0.6) is 0 Å². The van der Waals surface area contributed by atoms with Crippen molar-refractivity contribution in [2.24, 2.45) is 5.92 Å². The van der Waals surface area contributed by atoms with Crippen molar-refractivity contribution in [3.8, 4) is 11.1 Å². The second kappa shape index (κ2) is 13.0. The summed E-state index contributed by atoms with van der Waals surface area (Å²) in [6.07, 6.45) is 14.9. The van der Waals surface area contributed by atoms with E-state index in [9.17, 15) is 4.39 Å². The molecular weight excluding hydrogens is 434 g/mol. The lowest BCUT2D eigenvalue weighted by atomic mass is 9.77. The second-order valence-electron chi connectivity index (χ2n) is 10.5. The van der Waals surface area contributed by atoms with E-state index in [0.29, 0.717) is 11.5 Å². The maximum atomic E-state index is 15.1. The third-order valence-corrected chi connectivity index (χ3v) is 7.91. The smallest absolute Gasteiger partial charge is 0.131 e. The van der Waals surface area contributed by atoms with E-state index in [-0.39, 0.29) is 11.6 Å². The highest BCUT2D eigenvalue weighted by atomic mass is 19.1. The van der Waals surface area contributed by atoms with Crippen LogP contribution in [-0.4, -0.2) is 0 Å². The molecule has 0 saturated heterocycles. The van der Waals surface area contributed by atoms with Gasteiger partial charge < -0.3 is 0 Å². The molecule has 1 aliphatic rings. The molecule has 0 aliphatic heterocycles. The van der Waals surface area contributed by atoms with Gasteiger partial charge in [-0.3, -0.25) is 0 Å². The Bertz CT molecular complexity index is 1030. The number of hydrogen-bond acceptors (Lipinski definition) is 0. The van der Waals surface area contributed by atoms with Crippen molar-refractivity contribution in [3.63, 3.8) is 0 Å². The SMILES string of the molecule is CCCCCCCC1CCC(c2ccc(-c3ccc(CCc4ccc(F)cc4)cc3)c(F)c2)CC1. The fourth-order valence-corrected chi connectivity index (χ4v) is 5.63. The zero-order valence-corrected chi connectivity index (χ0v) is 21.2. The van der Waals surface area contributed by atoms with Gasteiger partial charge in [0.25, 0.3) is 0 Å². The Morgan fingerprint density at radius 2 is 1.31 bits per heavy atom. The van der Waals surface area contributed by atoms with Crippen molar-refractivity contribution < 1.29 is 8.78 Å². The van der Waals surface area contributed by atoms with Crippen LogP contribution in [0.2, 0.25) is 0 Å². The van der Waals surface area contributed by atoms with Gasteiger partial charge in [0.2, 0.25) is 0 Å². The molecule has 1 saturated carbocycles. The Hall–Kier alpha value is -2.48. The lowest BCUT2D eigenvalue weighted by molar-refractivity contribution is 0.301. The van der Waals surface area contributed by atoms with Crippen LogP contribution in [0.4, 0.5) is 8.78 Å². The number of benzene rings is 3. The minimum Gasteiger partial charge on any atom is -0.207 e. The largest absolute Gasteiger partial charge is 0.207 e. The van der Waals surface area contributed by atoms with Crippen molar-refractivity contribution >= 4 is 0 Å². The normalized spacial score (nSPS) is 18.0. The molecule has 4 rings (SSSR count). The maximum Gasteiger partial charge on any atom is 0.131 e. The van der Waals surface area contributed by atoms with Gasteiger partial charge in [0, 0.05) is 5.56 Å². The highest BCUT2D eigenvalue weighted by molar-refractivity contribution is 5.65. The van der Waals surface area contributed by atoms with E-state index in [4.69, 9.17) is 0 Å². The van der Waals surface area contributed by atoms with Crippen LogP contribution in [0.3, 0.4) is 0 Å². The summed E-state index contributed by atoms with van der Waals surface area (Å²) >= 11 is 0. The molecule has 0 amide bonds. The Balaban J connectivity index is 1.28. The fourth-order valence-electron chi connectivity index (χ4n) is 5.63. The summed E-state index contributed by atoms with van der Waals surface area (Å²) in [4.78, 5) is 0. The van der Waals surface area contributed by atoms with Crippen LogP contribution in [0, 0.1) is 17.6 Å². The number of rotatable bonds is 11. The summed E-state index contributed by atoms with van der Waals surface area (Å²) in [6, 6.07) is 20.8. The molecule has 0 aromatic heterocycles. The van der Waals surface area contributed by atoms with Crippen LogP contribution in [0.15, 0.2) is 66.7 Å². The summed E-state index contributed by atoms with van der Waals surface area (Å²) < 4.78 is 28.2.